The van der Waals surface area contributed by atoms with Crippen molar-refractivity contribution in [3.63, 3.8) is 0 Å². The van der Waals surface area contributed by atoms with Crippen LogP contribution in [0.4, 0.5) is 14.9 Å². The Balaban J connectivity index is 1.27. The number of hydrogen-bond acceptors (Lipinski definition) is 5. The lowest BCUT2D eigenvalue weighted by Crippen LogP contribution is -2.47. The van der Waals surface area contributed by atoms with E-state index in [-0.39, 0.29) is 24.2 Å². The first kappa shape index (κ1) is 27.9. The van der Waals surface area contributed by atoms with Gasteiger partial charge in [0.05, 0.1) is 16.8 Å². The number of nitrogens with one attached hydrogen (secondary N) is 1. The van der Waals surface area contributed by atoms with Crippen molar-refractivity contribution in [1.29, 1.82) is 0 Å². The molecule has 4 amide bonds. The number of benzene rings is 3. The van der Waals surface area contributed by atoms with Crippen LogP contribution < -0.4 is 5.32 Å². The van der Waals surface area contributed by atoms with Gasteiger partial charge in [-0.3, -0.25) is 24.2 Å². The van der Waals surface area contributed by atoms with Gasteiger partial charge in [-0.1, -0.05) is 54.1 Å². The standard InChI is InChI=1S/C32H29ClFN3O5/c1-31(2,3)42-30(41)37-24(27(38)35-23-14-8-12-19(26(23)34)18-9-6-7-13-22(18)33)15-32(16-25(32)37)17-36-28(39)20-10-4-5-11-21(20)29(36)40/h4-14,24-25H,15-17H2,1-3H3,(H,35,38)/t24-,25?,32?/m0/s1. The van der Waals surface area contributed by atoms with Gasteiger partial charge < -0.3 is 10.1 Å². The van der Waals surface area contributed by atoms with Crippen LogP contribution in [0.3, 0.4) is 0 Å². The van der Waals surface area contributed by atoms with Gasteiger partial charge in [-0.2, -0.15) is 0 Å². The molecule has 8 nitrogen and oxygen atoms in total. The quantitative estimate of drug-likeness (QED) is 0.360. The topological polar surface area (TPSA) is 96.0 Å². The van der Waals surface area contributed by atoms with Crippen molar-refractivity contribution in [1.82, 2.24) is 9.80 Å². The van der Waals surface area contributed by atoms with Gasteiger partial charge in [-0.25, -0.2) is 9.18 Å². The molecular formula is C32H29ClFN3O5. The Bertz CT molecular complexity index is 1620. The molecule has 6 rings (SSSR count). The van der Waals surface area contributed by atoms with Crippen molar-refractivity contribution in [2.75, 3.05) is 11.9 Å². The summed E-state index contributed by atoms with van der Waals surface area (Å²) < 4.78 is 21.3. The number of imide groups is 1. The van der Waals surface area contributed by atoms with E-state index in [0.717, 1.165) is 0 Å². The fourth-order valence-electron chi connectivity index (χ4n) is 6.09. The first-order valence-electron chi connectivity index (χ1n) is 13.7. The summed E-state index contributed by atoms with van der Waals surface area (Å²) >= 11 is 6.29. The number of amides is 4. The molecule has 42 heavy (non-hydrogen) atoms. The van der Waals surface area contributed by atoms with Crippen LogP contribution in [0, 0.1) is 11.2 Å². The molecule has 1 saturated carbocycles. The number of halogens is 2. The summed E-state index contributed by atoms with van der Waals surface area (Å²) in [7, 11) is 0. The molecule has 1 N–H and O–H groups in total. The van der Waals surface area contributed by atoms with Crippen LogP contribution in [-0.4, -0.2) is 57.8 Å². The molecule has 0 aromatic heterocycles. The fourth-order valence-corrected chi connectivity index (χ4v) is 6.33. The maximum atomic E-state index is 15.7. The van der Waals surface area contributed by atoms with Crippen LogP contribution in [-0.2, 0) is 9.53 Å². The average Bonchev–Trinajstić information content (AvgIpc) is 3.45. The zero-order valence-corrected chi connectivity index (χ0v) is 24.1. The number of rotatable bonds is 5. The third-order valence-electron chi connectivity index (χ3n) is 8.10. The van der Waals surface area contributed by atoms with E-state index >= 15 is 4.39 Å². The van der Waals surface area contributed by atoms with Crippen molar-refractivity contribution < 1.29 is 28.3 Å². The van der Waals surface area contributed by atoms with Gasteiger partial charge >= 0.3 is 6.09 Å². The summed E-state index contributed by atoms with van der Waals surface area (Å²) in [4.78, 5) is 55.9. The summed E-state index contributed by atoms with van der Waals surface area (Å²) in [5.74, 6) is -2.05. The highest BCUT2D eigenvalue weighted by Gasteiger charge is 2.69. The lowest BCUT2D eigenvalue weighted by atomic mass is 9.98. The number of ether oxygens (including phenoxy) is 1. The van der Waals surface area contributed by atoms with Crippen molar-refractivity contribution in [3.8, 4) is 11.1 Å². The SMILES string of the molecule is CC(C)(C)OC(=O)N1C2CC2(CN2C(=O)c3ccccc3C2=O)C[C@H]1C(=O)Nc1cccc(-c2ccccc2Cl)c1F. The molecule has 2 heterocycles. The highest BCUT2D eigenvalue weighted by molar-refractivity contribution is 6.33. The highest BCUT2D eigenvalue weighted by atomic mass is 35.5. The van der Waals surface area contributed by atoms with E-state index in [1.807, 2.05) is 0 Å². The number of likely N-dealkylation sites (tertiary alicyclic amines) is 1. The number of carbonyl (C=O) groups is 4. The molecule has 10 heteroatoms. The minimum atomic E-state index is -1.00. The number of piperidine rings is 1. The Hall–Kier alpha value is -4.24. The Morgan fingerprint density at radius 2 is 1.52 bits per heavy atom. The Morgan fingerprint density at radius 1 is 0.929 bits per heavy atom. The van der Waals surface area contributed by atoms with E-state index in [1.54, 1.807) is 81.4 Å². The number of carbonyl (C=O) groups excluding carboxylic acids is 4. The molecule has 1 saturated heterocycles. The summed E-state index contributed by atoms with van der Waals surface area (Å²) in [6, 6.07) is 16.6. The molecule has 2 fully saturated rings. The maximum Gasteiger partial charge on any atom is 0.411 e. The fraction of sp³-hybridized carbons (Fsp3) is 0.312. The second-order valence-electron chi connectivity index (χ2n) is 12.1. The Kier molecular flexibility index (Phi) is 6.61. The molecule has 3 aromatic rings. The lowest BCUT2D eigenvalue weighted by molar-refractivity contribution is -0.121. The van der Waals surface area contributed by atoms with Crippen LogP contribution in [0.15, 0.2) is 66.7 Å². The second-order valence-corrected chi connectivity index (χ2v) is 12.5. The number of nitrogens with zero attached hydrogens (tertiary/aromatic N) is 2. The number of fused-ring (bicyclic) bond motifs is 2. The largest absolute Gasteiger partial charge is 0.444 e. The normalized spacial score (nSPS) is 22.6. The van der Waals surface area contributed by atoms with E-state index in [9.17, 15) is 19.2 Å². The molecule has 216 valence electrons. The summed E-state index contributed by atoms with van der Waals surface area (Å²) in [6.45, 7) is 5.24. The molecule has 3 aromatic carbocycles. The monoisotopic (exact) mass is 589 g/mol. The zero-order chi connectivity index (χ0) is 30.0. The van der Waals surface area contributed by atoms with Crippen LogP contribution in [0.2, 0.25) is 5.02 Å². The maximum absolute atomic E-state index is 15.7. The average molecular weight is 590 g/mol. The smallest absolute Gasteiger partial charge is 0.411 e. The van der Waals surface area contributed by atoms with Crippen LogP contribution in [0.25, 0.3) is 11.1 Å². The molecule has 0 spiro atoms. The van der Waals surface area contributed by atoms with Crippen molar-refractivity contribution in [3.05, 3.63) is 88.7 Å². The van der Waals surface area contributed by atoms with Gasteiger partial charge in [-0.15, -0.1) is 0 Å². The molecule has 3 atom stereocenters. The van der Waals surface area contributed by atoms with Gasteiger partial charge in [0.15, 0.2) is 5.82 Å². The van der Waals surface area contributed by atoms with Gasteiger partial charge in [-0.05, 0) is 57.9 Å². The highest BCUT2D eigenvalue weighted by Crippen LogP contribution is 2.60. The van der Waals surface area contributed by atoms with E-state index in [4.69, 9.17) is 16.3 Å². The van der Waals surface area contributed by atoms with Gasteiger partial charge in [0.25, 0.3) is 11.8 Å². The van der Waals surface area contributed by atoms with Crippen molar-refractivity contribution in [2.24, 2.45) is 5.41 Å². The first-order chi connectivity index (χ1) is 19.9. The minimum Gasteiger partial charge on any atom is -0.444 e. The Labute approximate surface area is 247 Å². The third kappa shape index (κ3) is 4.71. The van der Waals surface area contributed by atoms with Crippen molar-refractivity contribution in [2.45, 2.75) is 51.3 Å². The summed E-state index contributed by atoms with van der Waals surface area (Å²) in [6.07, 6.45) is 0.00144. The van der Waals surface area contributed by atoms with E-state index in [1.165, 1.54) is 15.9 Å². The minimum absolute atomic E-state index is 0.0588. The molecule has 3 aliphatic rings. The number of hydrogen-bond donors (Lipinski definition) is 1. The zero-order valence-electron chi connectivity index (χ0n) is 23.3. The lowest BCUT2D eigenvalue weighted by Gasteiger charge is -2.30. The molecule has 1 aliphatic carbocycles. The van der Waals surface area contributed by atoms with Crippen molar-refractivity contribution >= 4 is 41.1 Å². The van der Waals surface area contributed by atoms with E-state index in [2.05, 4.69) is 5.32 Å². The Morgan fingerprint density at radius 3 is 2.14 bits per heavy atom. The molecule has 0 radical (unpaired) electrons. The predicted molar refractivity (Wildman–Crippen MR) is 155 cm³/mol. The molecule has 0 bridgehead atoms. The van der Waals surface area contributed by atoms with Crippen LogP contribution in [0.5, 0.6) is 0 Å². The van der Waals surface area contributed by atoms with Gasteiger partial charge in [0.1, 0.15) is 11.6 Å². The molecular weight excluding hydrogens is 561 g/mol. The van der Waals surface area contributed by atoms with Gasteiger partial charge in [0, 0.05) is 34.2 Å². The van der Waals surface area contributed by atoms with E-state index < -0.39 is 52.7 Å². The van der Waals surface area contributed by atoms with E-state index in [0.29, 0.717) is 28.1 Å². The summed E-state index contributed by atoms with van der Waals surface area (Å²) in [5.41, 5.74) is -0.191. The predicted octanol–water partition coefficient (Wildman–Crippen LogP) is 6.15. The van der Waals surface area contributed by atoms with Gasteiger partial charge in [0.2, 0.25) is 5.91 Å². The second kappa shape index (κ2) is 9.94. The molecule has 2 aliphatic heterocycles. The number of anilines is 1. The summed E-state index contributed by atoms with van der Waals surface area (Å²) in [5, 5.41) is 3.02. The van der Waals surface area contributed by atoms with Crippen LogP contribution in [0.1, 0.15) is 54.3 Å². The van der Waals surface area contributed by atoms with Crippen LogP contribution >= 0.6 is 11.6 Å². The third-order valence-corrected chi connectivity index (χ3v) is 8.43. The molecule has 2 unspecified atom stereocenters. The first-order valence-corrected chi connectivity index (χ1v) is 14.1.